The third-order valence-electron chi connectivity index (χ3n) is 5.48. The first-order valence-electron chi connectivity index (χ1n) is 11.6. The lowest BCUT2D eigenvalue weighted by molar-refractivity contribution is 0.00706. The fourth-order valence-corrected chi connectivity index (χ4v) is 4.12. The molecule has 2 fully saturated rings. The molecule has 0 radical (unpaired) electrons. The van der Waals surface area contributed by atoms with E-state index in [2.05, 4.69) is 15.0 Å². The number of hydrogen-bond donors (Lipinski definition) is 2. The van der Waals surface area contributed by atoms with E-state index >= 15 is 0 Å². The topological polar surface area (TPSA) is 108 Å². The summed E-state index contributed by atoms with van der Waals surface area (Å²) >= 11 is 6.35. The first kappa shape index (κ1) is 24.5. The number of benzene rings is 1. The molecule has 4 heterocycles. The van der Waals surface area contributed by atoms with Gasteiger partial charge in [0.05, 0.1) is 31.9 Å². The third-order valence-corrected chi connectivity index (χ3v) is 5.75. The summed E-state index contributed by atoms with van der Waals surface area (Å²) in [6.45, 7) is 7.57. The van der Waals surface area contributed by atoms with E-state index in [-0.39, 0.29) is 30.9 Å². The summed E-state index contributed by atoms with van der Waals surface area (Å²) in [5, 5.41) is 10.2. The number of hydrogen-bond acceptors (Lipinski definition) is 8. The van der Waals surface area contributed by atoms with Crippen LogP contribution in [0.25, 0.3) is 11.2 Å². The van der Waals surface area contributed by atoms with Crippen LogP contribution in [0.4, 0.5) is 0 Å². The summed E-state index contributed by atoms with van der Waals surface area (Å²) in [6, 6.07) is 9.89. The summed E-state index contributed by atoms with van der Waals surface area (Å²) in [6.07, 6.45) is -0.985. The summed E-state index contributed by atoms with van der Waals surface area (Å²) in [4.78, 5) is 11.9. The van der Waals surface area contributed by atoms with E-state index in [0.29, 0.717) is 48.3 Å². The van der Waals surface area contributed by atoms with Gasteiger partial charge in [0.25, 0.3) is 6.01 Å². The van der Waals surface area contributed by atoms with E-state index in [4.69, 9.17) is 35.3 Å². The first-order chi connectivity index (χ1) is 16.6. The molecule has 2 aliphatic heterocycles. The van der Waals surface area contributed by atoms with Crippen molar-refractivity contribution < 1.29 is 28.8 Å². The van der Waals surface area contributed by atoms with Gasteiger partial charge in [0.2, 0.25) is 5.88 Å². The molecule has 9 nitrogen and oxygen atoms in total. The SMILES string of the molecule is CC.CCOc1ccc(CCOc2nc3nc(O[C@@H]4CO[C@H]5[C@@H]4OC[C@H]5O)[nH]c3cc2Cl)cc1. The van der Waals surface area contributed by atoms with Crippen molar-refractivity contribution in [1.29, 1.82) is 0 Å². The van der Waals surface area contributed by atoms with Gasteiger partial charge in [-0.15, -0.1) is 0 Å². The molecule has 5 rings (SSSR count). The lowest BCUT2D eigenvalue weighted by Gasteiger charge is -2.15. The molecular weight excluding hydrogens is 462 g/mol. The minimum atomic E-state index is -0.632. The maximum atomic E-state index is 9.86. The van der Waals surface area contributed by atoms with Crippen LogP contribution in [0.3, 0.4) is 0 Å². The highest BCUT2D eigenvalue weighted by Gasteiger charge is 2.48. The second-order valence-corrected chi connectivity index (χ2v) is 8.09. The maximum Gasteiger partial charge on any atom is 0.296 e. The number of nitrogens with zero attached hydrogens (tertiary/aromatic N) is 2. The van der Waals surface area contributed by atoms with E-state index in [0.717, 1.165) is 11.3 Å². The van der Waals surface area contributed by atoms with Gasteiger partial charge in [-0.25, -0.2) is 0 Å². The number of H-pyrrole nitrogens is 1. The minimum absolute atomic E-state index is 0.240. The standard InChI is InChI=1S/C22H24ClN3O6.C2H6/c1-2-28-13-5-3-12(4-6-13)7-8-29-21-14(23)9-15-20(25-21)26-22(24-15)32-17-11-31-18-16(27)10-30-19(17)18;1-2/h3-6,9,16-19,27H,2,7-8,10-11H2,1H3,(H,24,25,26);1-2H3/t16-,17-,18-,19-;/m1./s1. The quantitative estimate of drug-likeness (QED) is 0.492. The van der Waals surface area contributed by atoms with Crippen molar-refractivity contribution in [1.82, 2.24) is 15.0 Å². The Kier molecular flexibility index (Phi) is 8.10. The zero-order chi connectivity index (χ0) is 24.1. The highest BCUT2D eigenvalue weighted by molar-refractivity contribution is 6.32. The Morgan fingerprint density at radius 3 is 2.62 bits per heavy atom. The Morgan fingerprint density at radius 1 is 1.09 bits per heavy atom. The lowest BCUT2D eigenvalue weighted by atomic mass is 10.1. The molecule has 0 bridgehead atoms. The number of aliphatic hydroxyl groups is 1. The molecule has 184 valence electrons. The number of aromatic nitrogens is 3. The number of halogens is 1. The number of pyridine rings is 1. The van der Waals surface area contributed by atoms with E-state index in [9.17, 15) is 5.11 Å². The highest BCUT2D eigenvalue weighted by atomic mass is 35.5. The van der Waals surface area contributed by atoms with Gasteiger partial charge in [-0.05, 0) is 30.7 Å². The summed E-state index contributed by atoms with van der Waals surface area (Å²) < 4.78 is 28.3. The van der Waals surface area contributed by atoms with E-state index in [1.54, 1.807) is 6.07 Å². The van der Waals surface area contributed by atoms with Crippen LogP contribution >= 0.6 is 11.6 Å². The van der Waals surface area contributed by atoms with Crippen molar-refractivity contribution in [2.24, 2.45) is 0 Å². The Bertz CT molecular complexity index is 1080. The molecule has 0 saturated carbocycles. The highest BCUT2D eigenvalue weighted by Crippen LogP contribution is 2.31. The molecule has 0 unspecified atom stereocenters. The number of ether oxygens (including phenoxy) is 5. The molecule has 4 atom stereocenters. The average molecular weight is 492 g/mol. The zero-order valence-electron chi connectivity index (χ0n) is 19.5. The minimum Gasteiger partial charge on any atom is -0.494 e. The van der Waals surface area contributed by atoms with Gasteiger partial charge in [0.1, 0.15) is 29.1 Å². The predicted octanol–water partition coefficient (Wildman–Crippen LogP) is 3.56. The molecule has 10 heteroatoms. The molecule has 2 saturated heterocycles. The normalized spacial score (nSPS) is 23.3. The van der Waals surface area contributed by atoms with Gasteiger partial charge in [-0.2, -0.15) is 9.97 Å². The molecule has 34 heavy (non-hydrogen) atoms. The third kappa shape index (κ3) is 5.38. The van der Waals surface area contributed by atoms with Crippen molar-refractivity contribution in [3.63, 3.8) is 0 Å². The van der Waals surface area contributed by atoms with Crippen LogP contribution in [-0.2, 0) is 15.9 Å². The second kappa shape index (κ2) is 11.2. The van der Waals surface area contributed by atoms with Crippen molar-refractivity contribution >= 4 is 22.8 Å². The number of imidazole rings is 1. The molecule has 0 amide bonds. The van der Waals surface area contributed by atoms with E-state index < -0.39 is 6.10 Å². The summed E-state index contributed by atoms with van der Waals surface area (Å²) in [5.41, 5.74) is 2.19. The summed E-state index contributed by atoms with van der Waals surface area (Å²) in [5.74, 6) is 1.16. The van der Waals surface area contributed by atoms with Gasteiger partial charge >= 0.3 is 0 Å². The van der Waals surface area contributed by atoms with Crippen molar-refractivity contribution in [2.45, 2.75) is 51.6 Å². The Labute approximate surface area is 203 Å². The van der Waals surface area contributed by atoms with Gasteiger partial charge in [0.15, 0.2) is 11.8 Å². The smallest absolute Gasteiger partial charge is 0.296 e. The van der Waals surface area contributed by atoms with Gasteiger partial charge < -0.3 is 33.8 Å². The predicted molar refractivity (Wildman–Crippen MR) is 127 cm³/mol. The zero-order valence-corrected chi connectivity index (χ0v) is 20.2. The molecule has 2 aromatic heterocycles. The van der Waals surface area contributed by atoms with Crippen molar-refractivity contribution in [2.75, 3.05) is 26.4 Å². The van der Waals surface area contributed by atoms with Crippen LogP contribution in [0.2, 0.25) is 5.02 Å². The maximum absolute atomic E-state index is 9.86. The molecular formula is C24H30ClN3O6. The fourth-order valence-electron chi connectivity index (χ4n) is 3.91. The van der Waals surface area contributed by atoms with Crippen LogP contribution in [0, 0.1) is 0 Å². The van der Waals surface area contributed by atoms with E-state index in [1.807, 2.05) is 45.0 Å². The van der Waals surface area contributed by atoms with Crippen LogP contribution in [0.5, 0.6) is 17.6 Å². The number of fused-ring (bicyclic) bond motifs is 2. The van der Waals surface area contributed by atoms with Crippen LogP contribution < -0.4 is 14.2 Å². The molecule has 0 aliphatic carbocycles. The lowest BCUT2D eigenvalue weighted by Crippen LogP contribution is -2.34. The summed E-state index contributed by atoms with van der Waals surface area (Å²) in [7, 11) is 0. The number of aliphatic hydroxyl groups excluding tert-OH is 1. The average Bonchev–Trinajstić information content (AvgIpc) is 3.53. The Balaban J connectivity index is 0.00000133. The Morgan fingerprint density at radius 2 is 1.85 bits per heavy atom. The fraction of sp³-hybridized carbons (Fsp3) is 0.500. The van der Waals surface area contributed by atoms with Crippen molar-refractivity contribution in [3.05, 3.63) is 40.9 Å². The van der Waals surface area contributed by atoms with Gasteiger partial charge in [0, 0.05) is 6.42 Å². The second-order valence-electron chi connectivity index (χ2n) is 7.68. The number of rotatable bonds is 8. The van der Waals surface area contributed by atoms with E-state index in [1.165, 1.54) is 0 Å². The molecule has 2 N–H and O–H groups in total. The molecule has 1 aromatic carbocycles. The number of nitrogens with one attached hydrogen (secondary N) is 1. The number of aromatic amines is 1. The molecule has 3 aromatic rings. The van der Waals surface area contributed by atoms with Gasteiger partial charge in [-0.1, -0.05) is 37.6 Å². The van der Waals surface area contributed by atoms with Crippen LogP contribution in [-0.4, -0.2) is 70.9 Å². The Hall–Kier alpha value is -2.59. The first-order valence-corrected chi connectivity index (χ1v) is 12.0. The van der Waals surface area contributed by atoms with Crippen LogP contribution in [0.15, 0.2) is 30.3 Å². The van der Waals surface area contributed by atoms with Crippen molar-refractivity contribution in [3.8, 4) is 17.6 Å². The monoisotopic (exact) mass is 491 g/mol. The largest absolute Gasteiger partial charge is 0.494 e. The molecule has 0 spiro atoms. The van der Waals surface area contributed by atoms with Crippen LogP contribution in [0.1, 0.15) is 26.3 Å². The van der Waals surface area contributed by atoms with Gasteiger partial charge in [-0.3, -0.25) is 0 Å². The molecule has 2 aliphatic rings.